The lowest BCUT2D eigenvalue weighted by Gasteiger charge is -2.26. The zero-order valence-electron chi connectivity index (χ0n) is 12.5. The van der Waals surface area contributed by atoms with Gasteiger partial charge in [-0.3, -0.25) is 0 Å². The Kier molecular flexibility index (Phi) is 11.5. The van der Waals surface area contributed by atoms with Gasteiger partial charge >= 0.3 is 8.56 Å². The van der Waals surface area contributed by atoms with Crippen LogP contribution >= 0.6 is 0 Å². The van der Waals surface area contributed by atoms with Gasteiger partial charge in [-0.1, -0.05) is 26.8 Å². The molecular formula is C14H30O3Si. The third kappa shape index (κ3) is 9.68. The quantitative estimate of drug-likeness (QED) is 0.303. The average Bonchev–Trinajstić information content (AvgIpc) is 2.38. The van der Waals surface area contributed by atoms with E-state index in [1.165, 1.54) is 0 Å². The van der Waals surface area contributed by atoms with E-state index in [4.69, 9.17) is 13.6 Å². The molecule has 0 fully saturated rings. The summed E-state index contributed by atoms with van der Waals surface area (Å²) in [6.45, 7) is 10.9. The first-order chi connectivity index (χ1) is 8.68. The Morgan fingerprint density at radius 2 is 1.56 bits per heavy atom. The molecule has 0 aromatic heterocycles. The second kappa shape index (κ2) is 11.7. The van der Waals surface area contributed by atoms with E-state index in [-0.39, 0.29) is 0 Å². The van der Waals surface area contributed by atoms with E-state index in [1.54, 1.807) is 6.26 Å². The van der Waals surface area contributed by atoms with E-state index < -0.39 is 8.56 Å². The molecule has 0 aromatic rings. The SMILES string of the molecule is CCC=COCCC[Si](C)(OCCC)OCCC. The first-order valence-corrected chi connectivity index (χ1v) is 9.75. The fourth-order valence-electron chi connectivity index (χ4n) is 1.53. The van der Waals surface area contributed by atoms with Gasteiger partial charge in [-0.05, 0) is 38.3 Å². The molecule has 0 rings (SSSR count). The molecule has 0 saturated heterocycles. The van der Waals surface area contributed by atoms with Crippen LogP contribution in [0.25, 0.3) is 0 Å². The molecule has 0 aliphatic rings. The minimum Gasteiger partial charge on any atom is -0.502 e. The number of rotatable bonds is 12. The van der Waals surface area contributed by atoms with Gasteiger partial charge in [0, 0.05) is 13.2 Å². The molecule has 0 unspecified atom stereocenters. The van der Waals surface area contributed by atoms with Gasteiger partial charge in [0.15, 0.2) is 0 Å². The molecule has 18 heavy (non-hydrogen) atoms. The molecule has 0 saturated carbocycles. The summed E-state index contributed by atoms with van der Waals surface area (Å²) in [4.78, 5) is 0. The second-order valence-corrected chi connectivity index (χ2v) is 7.93. The highest BCUT2D eigenvalue weighted by molar-refractivity contribution is 6.66. The molecule has 0 aliphatic carbocycles. The Bertz CT molecular complexity index is 199. The molecule has 0 radical (unpaired) electrons. The molecule has 0 amide bonds. The van der Waals surface area contributed by atoms with Crippen LogP contribution in [-0.4, -0.2) is 28.4 Å². The van der Waals surface area contributed by atoms with E-state index in [0.717, 1.165) is 51.5 Å². The van der Waals surface area contributed by atoms with Crippen LogP contribution in [0.3, 0.4) is 0 Å². The number of ether oxygens (including phenoxy) is 1. The van der Waals surface area contributed by atoms with Crippen LogP contribution in [0.4, 0.5) is 0 Å². The minimum absolute atomic E-state index is 0.754. The highest BCUT2D eigenvalue weighted by Gasteiger charge is 2.30. The molecule has 108 valence electrons. The zero-order valence-corrected chi connectivity index (χ0v) is 13.5. The summed E-state index contributed by atoms with van der Waals surface area (Å²) >= 11 is 0. The van der Waals surface area contributed by atoms with Crippen molar-refractivity contribution < 1.29 is 13.6 Å². The molecule has 0 atom stereocenters. The lowest BCUT2D eigenvalue weighted by Crippen LogP contribution is -2.39. The van der Waals surface area contributed by atoms with E-state index >= 15 is 0 Å². The smallest absolute Gasteiger partial charge is 0.335 e. The summed E-state index contributed by atoms with van der Waals surface area (Å²) in [5.41, 5.74) is 0. The highest BCUT2D eigenvalue weighted by Crippen LogP contribution is 2.17. The largest absolute Gasteiger partial charge is 0.502 e. The van der Waals surface area contributed by atoms with Crippen molar-refractivity contribution in [1.29, 1.82) is 0 Å². The van der Waals surface area contributed by atoms with Crippen LogP contribution in [-0.2, 0) is 13.6 Å². The summed E-state index contributed by atoms with van der Waals surface area (Å²) in [5.74, 6) is 0. The van der Waals surface area contributed by atoms with E-state index in [9.17, 15) is 0 Å². The van der Waals surface area contributed by atoms with Crippen molar-refractivity contribution in [3.8, 4) is 0 Å². The number of hydrogen-bond donors (Lipinski definition) is 0. The topological polar surface area (TPSA) is 27.7 Å². The van der Waals surface area contributed by atoms with Crippen LogP contribution in [0.5, 0.6) is 0 Å². The molecular weight excluding hydrogens is 244 g/mol. The van der Waals surface area contributed by atoms with Gasteiger partial charge in [-0.25, -0.2) is 0 Å². The first-order valence-electron chi connectivity index (χ1n) is 7.23. The Labute approximate surface area is 114 Å². The maximum atomic E-state index is 5.95. The zero-order chi connectivity index (χ0) is 13.7. The summed E-state index contributed by atoms with van der Waals surface area (Å²) in [7, 11) is -1.96. The third-order valence-corrected chi connectivity index (χ3v) is 5.44. The molecule has 0 bridgehead atoms. The Morgan fingerprint density at radius 1 is 0.944 bits per heavy atom. The normalized spacial score (nSPS) is 12.2. The second-order valence-electron chi connectivity index (χ2n) is 4.59. The Morgan fingerprint density at radius 3 is 2.06 bits per heavy atom. The van der Waals surface area contributed by atoms with Gasteiger partial charge in [-0.15, -0.1) is 0 Å². The van der Waals surface area contributed by atoms with Gasteiger partial charge < -0.3 is 13.6 Å². The van der Waals surface area contributed by atoms with E-state index in [2.05, 4.69) is 27.3 Å². The maximum Gasteiger partial charge on any atom is 0.335 e. The molecule has 0 spiro atoms. The van der Waals surface area contributed by atoms with Crippen molar-refractivity contribution in [2.45, 2.75) is 59.0 Å². The van der Waals surface area contributed by atoms with Gasteiger partial charge in [0.25, 0.3) is 0 Å². The predicted octanol–water partition coefficient (Wildman–Crippen LogP) is 4.24. The van der Waals surface area contributed by atoms with Crippen molar-refractivity contribution in [1.82, 2.24) is 0 Å². The Hall–Kier alpha value is -0.323. The summed E-state index contributed by atoms with van der Waals surface area (Å²) in [6, 6.07) is 1.01. The highest BCUT2D eigenvalue weighted by atomic mass is 28.4. The van der Waals surface area contributed by atoms with E-state index in [1.807, 2.05) is 6.08 Å². The van der Waals surface area contributed by atoms with Crippen molar-refractivity contribution in [3.63, 3.8) is 0 Å². The lowest BCUT2D eigenvalue weighted by atomic mass is 10.5. The van der Waals surface area contributed by atoms with Crippen LogP contribution in [0, 0.1) is 0 Å². The van der Waals surface area contributed by atoms with Gasteiger partial charge in [0.2, 0.25) is 0 Å². The van der Waals surface area contributed by atoms with Gasteiger partial charge in [-0.2, -0.15) is 0 Å². The molecule has 3 nitrogen and oxygen atoms in total. The molecule has 0 aromatic carbocycles. The van der Waals surface area contributed by atoms with E-state index in [0.29, 0.717) is 0 Å². The molecule has 4 heteroatoms. The van der Waals surface area contributed by atoms with Gasteiger partial charge in [0.1, 0.15) is 0 Å². The van der Waals surface area contributed by atoms with Crippen molar-refractivity contribution >= 4 is 8.56 Å². The minimum atomic E-state index is -1.96. The molecule has 0 heterocycles. The number of allylic oxidation sites excluding steroid dienone is 1. The fourth-order valence-corrected chi connectivity index (χ4v) is 3.96. The standard InChI is InChI=1S/C14H30O3Si/c1-5-8-12-15-13-9-14-18(4,16-10-6-2)17-11-7-3/h8,12H,5-7,9-11,13-14H2,1-4H3. The fraction of sp³-hybridized carbons (Fsp3) is 0.857. The molecule has 0 N–H and O–H groups in total. The van der Waals surface area contributed by atoms with Crippen molar-refractivity contribution in [2.75, 3.05) is 19.8 Å². The lowest BCUT2D eigenvalue weighted by molar-refractivity contribution is 0.168. The average molecular weight is 274 g/mol. The van der Waals surface area contributed by atoms with Crippen molar-refractivity contribution in [2.24, 2.45) is 0 Å². The van der Waals surface area contributed by atoms with Crippen LogP contribution in [0.2, 0.25) is 12.6 Å². The monoisotopic (exact) mass is 274 g/mol. The van der Waals surface area contributed by atoms with Crippen LogP contribution in [0.15, 0.2) is 12.3 Å². The maximum absolute atomic E-state index is 5.95. The number of hydrogen-bond acceptors (Lipinski definition) is 3. The third-order valence-electron chi connectivity index (χ3n) is 2.54. The first kappa shape index (κ1) is 17.7. The molecule has 0 aliphatic heterocycles. The van der Waals surface area contributed by atoms with Crippen molar-refractivity contribution in [3.05, 3.63) is 12.3 Å². The summed E-state index contributed by atoms with van der Waals surface area (Å²) in [5, 5.41) is 0. The van der Waals surface area contributed by atoms with Crippen LogP contribution in [0.1, 0.15) is 46.5 Å². The summed E-state index contributed by atoms with van der Waals surface area (Å²) in [6.07, 6.45) is 7.94. The predicted molar refractivity (Wildman–Crippen MR) is 78.9 cm³/mol. The summed E-state index contributed by atoms with van der Waals surface area (Å²) < 4.78 is 17.3. The Balaban J connectivity index is 3.87. The van der Waals surface area contributed by atoms with Gasteiger partial charge in [0.05, 0.1) is 12.9 Å². The van der Waals surface area contributed by atoms with Crippen LogP contribution < -0.4 is 0 Å².